The molecule has 0 unspecified atom stereocenters. The van der Waals surface area contributed by atoms with Crippen molar-refractivity contribution in [2.45, 2.75) is 20.0 Å². The largest absolute Gasteiger partial charge is 0.494 e. The Morgan fingerprint density at radius 2 is 1.69 bits per heavy atom. The molecule has 0 saturated carbocycles. The summed E-state index contributed by atoms with van der Waals surface area (Å²) >= 11 is 0. The van der Waals surface area contributed by atoms with Crippen LogP contribution in [0.2, 0.25) is 0 Å². The van der Waals surface area contributed by atoms with Crippen LogP contribution in [-0.2, 0) is 22.6 Å². The third-order valence-corrected chi connectivity index (χ3v) is 8.03. The Labute approximate surface area is 245 Å². The first-order chi connectivity index (χ1) is 20.4. The molecule has 0 radical (unpaired) electrons. The molecule has 1 saturated heterocycles. The van der Waals surface area contributed by atoms with E-state index in [-0.39, 0.29) is 18.4 Å². The molecule has 0 spiro atoms. The third kappa shape index (κ3) is 5.66. The number of esters is 1. The number of hydrogen-bond donors (Lipinski definition) is 2. The second-order valence-electron chi connectivity index (χ2n) is 10.9. The third-order valence-electron chi connectivity index (χ3n) is 8.03. The molecule has 2 aliphatic heterocycles. The van der Waals surface area contributed by atoms with Crippen molar-refractivity contribution in [2.75, 3.05) is 46.4 Å². The number of ether oxygens (including phenoxy) is 1. The van der Waals surface area contributed by atoms with E-state index in [9.17, 15) is 14.7 Å². The monoisotopic (exact) mass is 565 g/mol. The van der Waals surface area contributed by atoms with Crippen LogP contribution in [-0.4, -0.2) is 88.8 Å². The number of amides is 1. The molecule has 9 nitrogen and oxygen atoms in total. The van der Waals surface area contributed by atoms with Crippen LogP contribution in [0.25, 0.3) is 10.9 Å². The van der Waals surface area contributed by atoms with Crippen LogP contribution in [0, 0.1) is 0 Å². The van der Waals surface area contributed by atoms with Crippen molar-refractivity contribution in [2.24, 2.45) is 4.99 Å². The molecule has 1 amide bonds. The van der Waals surface area contributed by atoms with Crippen LogP contribution in [0.15, 0.2) is 71.7 Å². The Hall–Kier alpha value is -4.47. The second kappa shape index (κ2) is 11.8. The minimum Gasteiger partial charge on any atom is -0.494 e. The van der Waals surface area contributed by atoms with Crippen LogP contribution < -0.4 is 0 Å². The molecule has 2 N–H and O–H groups in total. The van der Waals surface area contributed by atoms with Crippen molar-refractivity contribution in [3.8, 4) is 5.88 Å². The van der Waals surface area contributed by atoms with Gasteiger partial charge in [-0.2, -0.15) is 0 Å². The van der Waals surface area contributed by atoms with Crippen molar-refractivity contribution in [3.05, 3.63) is 94.5 Å². The lowest BCUT2D eigenvalue weighted by Crippen LogP contribution is -2.48. The highest BCUT2D eigenvalue weighted by Crippen LogP contribution is 2.33. The number of aliphatic imine (C=N–C) groups is 1. The van der Waals surface area contributed by atoms with Gasteiger partial charge in [-0.05, 0) is 49.4 Å². The lowest BCUT2D eigenvalue weighted by molar-refractivity contribution is -0.133. The quantitative estimate of drug-likeness (QED) is 0.256. The van der Waals surface area contributed by atoms with E-state index >= 15 is 0 Å². The molecule has 0 atom stereocenters. The fourth-order valence-corrected chi connectivity index (χ4v) is 5.68. The lowest BCUT2D eigenvalue weighted by Gasteiger charge is -2.32. The number of likely N-dealkylation sites (N-methyl/N-ethyl adjacent to an activating group) is 1. The average molecular weight is 566 g/mol. The zero-order valence-corrected chi connectivity index (χ0v) is 24.0. The van der Waals surface area contributed by atoms with E-state index in [2.05, 4.69) is 21.8 Å². The summed E-state index contributed by atoms with van der Waals surface area (Å²) in [5, 5.41) is 11.8. The van der Waals surface area contributed by atoms with E-state index in [1.165, 1.54) is 0 Å². The lowest BCUT2D eigenvalue weighted by atomic mass is 10.00. The summed E-state index contributed by atoms with van der Waals surface area (Å²) in [7, 11) is 2.11. The second-order valence-corrected chi connectivity index (χ2v) is 10.9. The summed E-state index contributed by atoms with van der Waals surface area (Å²) < 4.78 is 5.14. The van der Waals surface area contributed by atoms with Gasteiger partial charge >= 0.3 is 5.97 Å². The van der Waals surface area contributed by atoms with Gasteiger partial charge in [0.25, 0.3) is 0 Å². The molecule has 0 bridgehead atoms. The molecule has 6 rings (SSSR count). The molecule has 1 aromatic heterocycles. The predicted molar refractivity (Wildman–Crippen MR) is 162 cm³/mol. The molecule has 1 fully saturated rings. The highest BCUT2D eigenvalue weighted by molar-refractivity contribution is 6.22. The van der Waals surface area contributed by atoms with Gasteiger partial charge in [0.05, 0.1) is 35.7 Å². The van der Waals surface area contributed by atoms with E-state index < -0.39 is 5.97 Å². The van der Waals surface area contributed by atoms with E-state index in [1.54, 1.807) is 25.1 Å². The Morgan fingerprint density at radius 1 is 0.929 bits per heavy atom. The minimum absolute atomic E-state index is 0.0320. The molecule has 216 valence electrons. The fraction of sp³-hybridized carbons (Fsp3) is 0.303. The minimum atomic E-state index is -0.416. The maximum absolute atomic E-state index is 13.1. The van der Waals surface area contributed by atoms with E-state index in [0.29, 0.717) is 42.0 Å². The highest BCUT2D eigenvalue weighted by Gasteiger charge is 2.26. The van der Waals surface area contributed by atoms with Gasteiger partial charge in [-0.1, -0.05) is 42.5 Å². The van der Waals surface area contributed by atoms with E-state index in [1.807, 2.05) is 53.4 Å². The fourth-order valence-electron chi connectivity index (χ4n) is 5.68. The Balaban J connectivity index is 1.30. The molecular weight excluding hydrogens is 530 g/mol. The van der Waals surface area contributed by atoms with E-state index in [0.717, 1.165) is 53.9 Å². The maximum atomic E-state index is 13.1. The van der Waals surface area contributed by atoms with Gasteiger partial charge in [0, 0.05) is 55.7 Å². The number of hydrogen-bond acceptors (Lipinski definition) is 7. The molecule has 0 aliphatic carbocycles. The highest BCUT2D eigenvalue weighted by atomic mass is 16.5. The molecule has 9 heteroatoms. The van der Waals surface area contributed by atoms with Crippen LogP contribution >= 0.6 is 0 Å². The van der Waals surface area contributed by atoms with Gasteiger partial charge in [-0.25, -0.2) is 9.79 Å². The number of piperazine rings is 1. The van der Waals surface area contributed by atoms with Gasteiger partial charge < -0.3 is 24.6 Å². The van der Waals surface area contributed by atoms with Crippen LogP contribution in [0.1, 0.15) is 39.5 Å². The Kier molecular flexibility index (Phi) is 7.78. The van der Waals surface area contributed by atoms with Gasteiger partial charge in [0.1, 0.15) is 0 Å². The van der Waals surface area contributed by atoms with Gasteiger partial charge in [-0.3, -0.25) is 9.69 Å². The Morgan fingerprint density at radius 3 is 2.45 bits per heavy atom. The molecule has 4 aromatic rings. The summed E-state index contributed by atoms with van der Waals surface area (Å²) in [5.41, 5.74) is 5.95. The number of carbonyl (C=O) groups excluding carboxylic acids is 2. The number of aromatic hydroxyl groups is 1. The standard InChI is InChI=1S/C33H35N5O4/c1-3-42-33(41)23-10-12-27-28(18-23)35-32(40)30(27)31(22-7-5-4-6-8-22)34-26-11-9-24-19-38(20-25(24)17-26)29(39)21-37-15-13-36(2)14-16-37/h4-12,17-18,35,40H,3,13-16,19-21H2,1-2H3. The first-order valence-electron chi connectivity index (χ1n) is 14.4. The summed E-state index contributed by atoms with van der Waals surface area (Å²) in [6, 6.07) is 20.9. The first kappa shape index (κ1) is 27.7. The molecule has 2 aliphatic rings. The number of benzene rings is 3. The number of carbonyl (C=O) groups is 2. The smallest absolute Gasteiger partial charge is 0.338 e. The zero-order chi connectivity index (χ0) is 29.2. The number of nitrogens with zero attached hydrogens (tertiary/aromatic N) is 4. The summed E-state index contributed by atoms with van der Waals surface area (Å²) in [5.74, 6) is -0.298. The maximum Gasteiger partial charge on any atom is 0.338 e. The van der Waals surface area contributed by atoms with Crippen LogP contribution in [0.5, 0.6) is 5.88 Å². The summed E-state index contributed by atoms with van der Waals surface area (Å²) in [4.78, 5) is 39.9. The van der Waals surface area contributed by atoms with Crippen molar-refractivity contribution in [1.82, 2.24) is 19.7 Å². The molecule has 3 heterocycles. The molecular formula is C33H35N5O4. The number of aromatic amines is 1. The number of aromatic nitrogens is 1. The van der Waals surface area contributed by atoms with Crippen molar-refractivity contribution in [1.29, 1.82) is 0 Å². The Bertz CT molecular complexity index is 1650. The number of nitrogens with one attached hydrogen (secondary N) is 1. The van der Waals surface area contributed by atoms with Crippen molar-refractivity contribution >= 4 is 34.2 Å². The van der Waals surface area contributed by atoms with Crippen molar-refractivity contribution < 1.29 is 19.4 Å². The number of fused-ring (bicyclic) bond motifs is 2. The summed E-state index contributed by atoms with van der Waals surface area (Å²) in [6.07, 6.45) is 0. The van der Waals surface area contributed by atoms with Crippen molar-refractivity contribution in [3.63, 3.8) is 0 Å². The first-order valence-corrected chi connectivity index (χ1v) is 14.4. The number of H-pyrrole nitrogens is 1. The normalized spacial score (nSPS) is 16.1. The summed E-state index contributed by atoms with van der Waals surface area (Å²) in [6.45, 7) is 7.44. The zero-order valence-electron chi connectivity index (χ0n) is 24.0. The van der Waals surface area contributed by atoms with Gasteiger partial charge in [0.2, 0.25) is 5.91 Å². The predicted octanol–water partition coefficient (Wildman–Crippen LogP) is 4.31. The molecule has 3 aromatic carbocycles. The van der Waals surface area contributed by atoms with Crippen LogP contribution in [0.4, 0.5) is 5.69 Å². The van der Waals surface area contributed by atoms with E-state index in [4.69, 9.17) is 9.73 Å². The molecule has 42 heavy (non-hydrogen) atoms. The van der Waals surface area contributed by atoms with Gasteiger partial charge in [-0.15, -0.1) is 0 Å². The SMILES string of the molecule is CCOC(=O)c1ccc2c(C(=Nc3ccc4c(c3)CN(C(=O)CN3CCN(C)CC3)C4)c3ccccc3)c(O)[nH]c2c1. The van der Waals surface area contributed by atoms with Gasteiger partial charge in [0.15, 0.2) is 5.88 Å². The van der Waals surface area contributed by atoms with Crippen LogP contribution in [0.3, 0.4) is 0 Å². The average Bonchev–Trinajstić information content (AvgIpc) is 3.57. The number of rotatable bonds is 7. The topological polar surface area (TPSA) is 101 Å².